The van der Waals surface area contributed by atoms with E-state index >= 15 is 0 Å². The molecule has 29 heavy (non-hydrogen) atoms. The van der Waals surface area contributed by atoms with Gasteiger partial charge in [0.15, 0.2) is 14.3 Å². The van der Waals surface area contributed by atoms with Crippen LogP contribution in [0.25, 0.3) is 25.1 Å². The predicted molar refractivity (Wildman–Crippen MR) is 118 cm³/mol. The maximum absolute atomic E-state index is 12.9. The van der Waals surface area contributed by atoms with Gasteiger partial charge in [-0.25, -0.2) is 0 Å². The summed E-state index contributed by atoms with van der Waals surface area (Å²) in [7, 11) is -0.347. The van der Waals surface area contributed by atoms with Gasteiger partial charge in [-0.1, -0.05) is 31.2 Å². The third-order valence-corrected chi connectivity index (χ3v) is 7.00. The highest BCUT2D eigenvalue weighted by molar-refractivity contribution is 7.49. The van der Waals surface area contributed by atoms with E-state index in [1.165, 1.54) is 0 Å². The third kappa shape index (κ3) is 3.87. The normalized spacial score (nSPS) is 10.9. The van der Waals surface area contributed by atoms with Crippen molar-refractivity contribution in [3.05, 3.63) is 83.0 Å². The molecule has 0 atom stereocenters. The molecule has 0 fully saturated rings. The van der Waals surface area contributed by atoms with Crippen molar-refractivity contribution in [3.8, 4) is 10.6 Å². The first-order valence-corrected chi connectivity index (χ1v) is 10.8. The van der Waals surface area contributed by atoms with Crippen molar-refractivity contribution < 1.29 is 14.3 Å². The summed E-state index contributed by atoms with van der Waals surface area (Å²) in [5.74, 6) is 0.494. The van der Waals surface area contributed by atoms with E-state index in [1.54, 1.807) is 6.92 Å². The number of benzene rings is 3. The molecule has 0 aliphatic carbocycles. The molecule has 0 aliphatic rings. The number of carbonyl (C=O) groups is 1. The molecule has 0 spiro atoms. The lowest BCUT2D eigenvalue weighted by atomic mass is 10.2. The van der Waals surface area contributed by atoms with Gasteiger partial charge in [0, 0.05) is 29.0 Å². The smallest absolute Gasteiger partial charge is 0.305 e. The summed E-state index contributed by atoms with van der Waals surface area (Å²) < 4.78 is 12.8. The molecule has 146 valence electrons. The lowest BCUT2D eigenvalue weighted by Crippen LogP contribution is -2.11. The van der Waals surface area contributed by atoms with Crippen molar-refractivity contribution >= 4 is 36.6 Å². The van der Waals surface area contributed by atoms with Crippen molar-refractivity contribution in [2.45, 2.75) is 13.3 Å². The summed E-state index contributed by atoms with van der Waals surface area (Å²) in [6.07, 6.45) is 0.364. The molecule has 0 N–H and O–H groups in total. The van der Waals surface area contributed by atoms with Crippen LogP contribution in [-0.2, 0) is 9.53 Å². The van der Waals surface area contributed by atoms with Crippen molar-refractivity contribution in [3.63, 3.8) is 0 Å². The van der Waals surface area contributed by atoms with Crippen LogP contribution in [0.1, 0.15) is 13.3 Å². The molecule has 3 aromatic carbocycles. The van der Waals surface area contributed by atoms with E-state index in [4.69, 9.17) is 9.47 Å². The van der Waals surface area contributed by atoms with Crippen LogP contribution in [0.15, 0.2) is 77.6 Å². The standard InChI is InChI=1S/C24H21O4S/c1-2-23(25)28-16-15-27-17-11-13-18(14-12-17)29-21-9-5-3-7-19(21)24(26)20-8-4-6-10-22(20)29/h3-14H,2,15-16H2,1H3/q+1. The van der Waals surface area contributed by atoms with Gasteiger partial charge in [-0.2, -0.15) is 0 Å². The Hall–Kier alpha value is -3.18. The fourth-order valence-electron chi connectivity index (χ4n) is 3.27. The fraction of sp³-hybridized carbons (Fsp3) is 0.167. The van der Waals surface area contributed by atoms with Crippen LogP contribution in [0.3, 0.4) is 0 Å². The predicted octanol–water partition coefficient (Wildman–Crippen LogP) is 5.42. The molecule has 0 saturated carbocycles. The van der Waals surface area contributed by atoms with Crippen LogP contribution in [0, 0.1) is 0 Å². The van der Waals surface area contributed by atoms with E-state index in [-0.39, 0.29) is 28.5 Å². The summed E-state index contributed by atoms with van der Waals surface area (Å²) in [6.45, 7) is 2.32. The Bertz CT molecular complexity index is 1170. The zero-order chi connectivity index (χ0) is 20.2. The van der Waals surface area contributed by atoms with Gasteiger partial charge in [0.25, 0.3) is 0 Å². The SMILES string of the molecule is CCC(=O)OCCOc1ccc(-[s+]2c3ccccc3c(=O)c3ccccc32)cc1. The van der Waals surface area contributed by atoms with E-state index in [2.05, 4.69) is 0 Å². The molecule has 4 rings (SSSR count). The first-order valence-electron chi connectivity index (χ1n) is 9.54. The van der Waals surface area contributed by atoms with Crippen molar-refractivity contribution in [1.29, 1.82) is 0 Å². The molecule has 0 unspecified atom stereocenters. The van der Waals surface area contributed by atoms with Gasteiger partial charge >= 0.3 is 5.97 Å². The van der Waals surface area contributed by atoms with Crippen molar-refractivity contribution in [2.75, 3.05) is 13.2 Å². The number of fused-ring (bicyclic) bond motifs is 2. The van der Waals surface area contributed by atoms with Gasteiger partial charge in [0.2, 0.25) is 5.43 Å². The van der Waals surface area contributed by atoms with E-state index < -0.39 is 0 Å². The average molecular weight is 405 g/mol. The number of rotatable bonds is 6. The van der Waals surface area contributed by atoms with Crippen LogP contribution < -0.4 is 10.2 Å². The molecule has 1 aromatic heterocycles. The largest absolute Gasteiger partial charge is 0.490 e. The Morgan fingerprint density at radius 2 is 1.41 bits per heavy atom. The second-order valence-electron chi connectivity index (χ2n) is 6.52. The zero-order valence-electron chi connectivity index (χ0n) is 16.1. The van der Waals surface area contributed by atoms with Crippen LogP contribution >= 0.6 is 10.5 Å². The summed E-state index contributed by atoms with van der Waals surface area (Å²) >= 11 is 0. The van der Waals surface area contributed by atoms with Gasteiger partial charge in [-0.05, 0) is 36.4 Å². The minimum absolute atomic E-state index is 0.0847. The number of hydrogen-bond acceptors (Lipinski definition) is 4. The number of ether oxygens (including phenoxy) is 2. The maximum Gasteiger partial charge on any atom is 0.305 e. The maximum atomic E-state index is 12.9. The molecule has 1 heterocycles. The molecule has 0 amide bonds. The molecule has 0 bridgehead atoms. The summed E-state index contributed by atoms with van der Waals surface area (Å²) in [4.78, 5) is 25.2. The molecule has 4 aromatic rings. The van der Waals surface area contributed by atoms with E-state index in [9.17, 15) is 9.59 Å². The second kappa shape index (κ2) is 8.45. The number of hydrogen-bond donors (Lipinski definition) is 0. The quantitative estimate of drug-likeness (QED) is 0.186. The van der Waals surface area contributed by atoms with Gasteiger partial charge in [-0.15, -0.1) is 0 Å². The Kier molecular flexibility index (Phi) is 5.58. The minimum atomic E-state index is -0.347. The summed E-state index contributed by atoms with van der Waals surface area (Å²) in [6, 6.07) is 23.6. The summed E-state index contributed by atoms with van der Waals surface area (Å²) in [5.41, 5.74) is 0.0847. The fourth-order valence-corrected chi connectivity index (χ4v) is 5.61. The number of carbonyl (C=O) groups excluding carboxylic acids is 1. The lowest BCUT2D eigenvalue weighted by molar-refractivity contribution is -0.143. The molecule has 0 aliphatic heterocycles. The molecular formula is C24H21O4S+. The average Bonchev–Trinajstić information content (AvgIpc) is 2.77. The number of esters is 1. The van der Waals surface area contributed by atoms with Crippen molar-refractivity contribution in [1.82, 2.24) is 0 Å². The van der Waals surface area contributed by atoms with Crippen molar-refractivity contribution in [2.24, 2.45) is 0 Å². The third-order valence-electron chi connectivity index (χ3n) is 4.67. The van der Waals surface area contributed by atoms with Crippen LogP contribution in [-0.4, -0.2) is 19.2 Å². The molecule has 4 nitrogen and oxygen atoms in total. The molecule has 0 radical (unpaired) electrons. The van der Waals surface area contributed by atoms with Crippen LogP contribution in [0.4, 0.5) is 0 Å². The van der Waals surface area contributed by atoms with E-state index in [1.807, 2.05) is 72.8 Å². The van der Waals surface area contributed by atoms with Crippen LogP contribution in [0.5, 0.6) is 5.75 Å². The molecular weight excluding hydrogens is 384 g/mol. The highest BCUT2D eigenvalue weighted by Gasteiger charge is 2.22. The van der Waals surface area contributed by atoms with Gasteiger partial charge < -0.3 is 9.47 Å². The van der Waals surface area contributed by atoms with E-state index in [0.29, 0.717) is 13.0 Å². The molecule has 5 heteroatoms. The van der Waals surface area contributed by atoms with E-state index in [0.717, 1.165) is 30.8 Å². The Labute approximate surface area is 171 Å². The lowest BCUT2D eigenvalue weighted by Gasteiger charge is -2.07. The minimum Gasteiger partial charge on any atom is -0.490 e. The Balaban J connectivity index is 1.68. The highest BCUT2D eigenvalue weighted by Crippen LogP contribution is 2.43. The van der Waals surface area contributed by atoms with Gasteiger partial charge in [-0.3, -0.25) is 9.59 Å². The Morgan fingerprint density at radius 1 is 0.828 bits per heavy atom. The topological polar surface area (TPSA) is 52.6 Å². The molecule has 0 saturated heterocycles. The van der Waals surface area contributed by atoms with Gasteiger partial charge in [0.1, 0.15) is 19.0 Å². The Morgan fingerprint density at radius 3 is 2.00 bits per heavy atom. The summed E-state index contributed by atoms with van der Waals surface area (Å²) in [5, 5.41) is 1.54. The highest BCUT2D eigenvalue weighted by atomic mass is 32.2. The second-order valence-corrected chi connectivity index (χ2v) is 8.48. The first kappa shape index (κ1) is 19.2. The zero-order valence-corrected chi connectivity index (χ0v) is 16.9. The monoisotopic (exact) mass is 405 g/mol. The first-order chi connectivity index (χ1) is 14.2. The van der Waals surface area contributed by atoms with Gasteiger partial charge in [0.05, 0.1) is 10.8 Å². The van der Waals surface area contributed by atoms with Crippen LogP contribution in [0.2, 0.25) is 0 Å².